The molecule has 0 fully saturated rings. The summed E-state index contributed by atoms with van der Waals surface area (Å²) in [6.45, 7) is 2.14. The Morgan fingerprint density at radius 1 is 1.22 bits per heavy atom. The molecule has 186 valence electrons. The van der Waals surface area contributed by atoms with Crippen LogP contribution in [0.15, 0.2) is 61.1 Å². The molecular formula is C26H24ClN8O2+. The number of urea groups is 1. The second-order valence-corrected chi connectivity index (χ2v) is 9.26. The fourth-order valence-corrected chi connectivity index (χ4v) is 4.50. The number of guanidine groups is 1. The van der Waals surface area contributed by atoms with Crippen molar-refractivity contribution in [2.75, 3.05) is 17.3 Å². The fourth-order valence-electron chi connectivity index (χ4n) is 4.33. The van der Waals surface area contributed by atoms with E-state index in [9.17, 15) is 15.2 Å². The molecule has 1 aliphatic rings. The van der Waals surface area contributed by atoms with Crippen LogP contribution in [0.5, 0.6) is 0 Å². The summed E-state index contributed by atoms with van der Waals surface area (Å²) in [5.74, 6) is 0.369. The van der Waals surface area contributed by atoms with Crippen molar-refractivity contribution in [3.05, 3.63) is 82.8 Å². The maximum Gasteiger partial charge on any atom is 0.421 e. The number of nitrogens with zero attached hydrogens (tertiary/aromatic N) is 7. The molecule has 0 spiro atoms. The number of pyridine rings is 1. The largest absolute Gasteiger partial charge is 0.421 e. The number of anilines is 2. The predicted molar refractivity (Wildman–Crippen MR) is 140 cm³/mol. The summed E-state index contributed by atoms with van der Waals surface area (Å²) < 4.78 is 3.15. The Bertz CT molecular complexity index is 1610. The monoisotopic (exact) mass is 515 g/mol. The van der Waals surface area contributed by atoms with Gasteiger partial charge in [-0.2, -0.15) is 19.8 Å². The number of carbonyl (C=O) groups is 1. The number of halogens is 1. The van der Waals surface area contributed by atoms with Crippen LogP contribution in [0.25, 0.3) is 10.9 Å². The highest BCUT2D eigenvalue weighted by molar-refractivity contribution is 6.30. The van der Waals surface area contributed by atoms with Gasteiger partial charge in [0, 0.05) is 24.8 Å². The number of aromatic nitrogens is 3. The second kappa shape index (κ2) is 9.54. The molecular weight excluding hydrogens is 492 g/mol. The van der Waals surface area contributed by atoms with E-state index in [2.05, 4.69) is 21.5 Å². The van der Waals surface area contributed by atoms with Crippen LogP contribution < -0.4 is 10.2 Å². The first-order valence-electron chi connectivity index (χ1n) is 11.4. The first-order chi connectivity index (χ1) is 17.7. The summed E-state index contributed by atoms with van der Waals surface area (Å²) >= 11 is 6.14. The summed E-state index contributed by atoms with van der Waals surface area (Å²) in [7, 11) is 3.47. The van der Waals surface area contributed by atoms with E-state index in [4.69, 9.17) is 11.6 Å². The van der Waals surface area contributed by atoms with Crippen LogP contribution >= 0.6 is 11.6 Å². The number of nitrogens with one attached hydrogen (secondary N) is 1. The minimum Gasteiger partial charge on any atom is -0.338 e. The highest BCUT2D eigenvalue weighted by Gasteiger charge is 2.45. The molecule has 1 unspecified atom stereocenters. The van der Waals surface area contributed by atoms with Crippen LogP contribution in [0.1, 0.15) is 16.7 Å². The van der Waals surface area contributed by atoms with Crippen molar-refractivity contribution < 1.29 is 14.5 Å². The molecule has 1 aliphatic heterocycles. The Labute approximate surface area is 218 Å². The molecule has 2 N–H and O–H groups in total. The minimum atomic E-state index is -1.39. The van der Waals surface area contributed by atoms with Gasteiger partial charge in [-0.25, -0.2) is 9.69 Å². The quantitative estimate of drug-likeness (QED) is 0.399. The average molecular weight is 516 g/mol. The van der Waals surface area contributed by atoms with Crippen LogP contribution in [0.3, 0.4) is 0 Å². The van der Waals surface area contributed by atoms with E-state index in [-0.39, 0.29) is 6.54 Å². The van der Waals surface area contributed by atoms with Crippen LogP contribution in [-0.2, 0) is 13.6 Å². The zero-order valence-corrected chi connectivity index (χ0v) is 21.2. The van der Waals surface area contributed by atoms with E-state index in [0.717, 1.165) is 22.0 Å². The van der Waals surface area contributed by atoms with Gasteiger partial charge in [0.05, 0.1) is 47.6 Å². The minimum absolute atomic E-state index is 0.210. The van der Waals surface area contributed by atoms with Crippen LogP contribution in [0.4, 0.5) is 16.2 Å². The third kappa shape index (κ3) is 4.58. The molecule has 1 atom stereocenters. The van der Waals surface area contributed by atoms with Crippen molar-refractivity contribution in [1.29, 1.82) is 5.26 Å². The first-order valence-corrected chi connectivity index (χ1v) is 11.8. The highest BCUT2D eigenvalue weighted by Crippen LogP contribution is 2.27. The van der Waals surface area contributed by atoms with Crippen molar-refractivity contribution in [2.45, 2.75) is 19.8 Å². The van der Waals surface area contributed by atoms with E-state index in [1.54, 1.807) is 34.8 Å². The summed E-state index contributed by atoms with van der Waals surface area (Å²) in [5, 5.41) is 30.0. The van der Waals surface area contributed by atoms with Crippen LogP contribution in [-0.4, -0.2) is 54.7 Å². The summed E-state index contributed by atoms with van der Waals surface area (Å²) in [6, 6.07) is 14.3. The fraction of sp³-hybridized carbons (Fsp3) is 0.192. The van der Waals surface area contributed by atoms with Crippen LogP contribution in [0, 0.1) is 18.3 Å². The highest BCUT2D eigenvalue weighted by atomic mass is 35.5. The van der Waals surface area contributed by atoms with Gasteiger partial charge < -0.3 is 5.11 Å². The molecule has 37 heavy (non-hydrogen) atoms. The number of hydrogen-bond donors (Lipinski definition) is 2. The van der Waals surface area contributed by atoms with Crippen LogP contribution in [0.2, 0.25) is 5.02 Å². The van der Waals surface area contributed by atoms with E-state index in [1.807, 2.05) is 44.4 Å². The lowest BCUT2D eigenvalue weighted by Gasteiger charge is -2.37. The van der Waals surface area contributed by atoms with Crippen molar-refractivity contribution >= 4 is 45.9 Å². The van der Waals surface area contributed by atoms with Crippen molar-refractivity contribution in [2.24, 2.45) is 7.05 Å². The first kappa shape index (κ1) is 24.2. The Morgan fingerprint density at radius 3 is 2.78 bits per heavy atom. The number of aliphatic hydroxyl groups excluding tert-OH is 1. The molecule has 2 amide bonds. The van der Waals surface area contributed by atoms with E-state index < -0.39 is 12.4 Å². The Balaban J connectivity index is 1.60. The number of nitriles is 1. The molecule has 0 radical (unpaired) electrons. The van der Waals surface area contributed by atoms with Gasteiger partial charge >= 0.3 is 12.0 Å². The number of rotatable bonds is 4. The van der Waals surface area contributed by atoms with Gasteiger partial charge in [0.25, 0.3) is 6.35 Å². The third-order valence-corrected chi connectivity index (χ3v) is 6.46. The zero-order chi connectivity index (χ0) is 26.3. The number of hydrogen-bond acceptors (Lipinski definition) is 7. The molecule has 3 heterocycles. The molecule has 2 aromatic heterocycles. The van der Waals surface area contributed by atoms with Gasteiger partial charge in [0.2, 0.25) is 0 Å². The Kier molecular flexibility index (Phi) is 6.25. The normalized spacial score (nSPS) is 15.9. The van der Waals surface area contributed by atoms with Gasteiger partial charge in [0.1, 0.15) is 5.69 Å². The lowest BCUT2D eigenvalue weighted by atomic mass is 10.0. The standard InChI is InChI=1S/C26H23ClN8O2/c1-16-4-5-17(11-28)8-18(16)15-34-24(30-21-6-7-23-19(9-21)14-32(2)31-23)33(3)25(36)35(26(34)37)22-10-20(27)12-29-13-22/h4-10,12-14,26,37H,15H2,1-3H3/p+1. The molecule has 2 aromatic carbocycles. The van der Waals surface area contributed by atoms with E-state index in [1.165, 1.54) is 21.9 Å². The number of fused-ring (bicyclic) bond motifs is 1. The number of aliphatic hydroxyl groups is 1. The number of carbonyl (C=O) groups excluding carboxylic acids is 1. The number of amides is 2. The van der Waals surface area contributed by atoms with Crippen molar-refractivity contribution in [3.63, 3.8) is 0 Å². The van der Waals surface area contributed by atoms with Crippen molar-refractivity contribution in [1.82, 2.24) is 19.7 Å². The van der Waals surface area contributed by atoms with Gasteiger partial charge in [-0.1, -0.05) is 17.7 Å². The lowest BCUT2D eigenvalue weighted by molar-refractivity contribution is -0.408. The number of aryl methyl sites for hydroxylation is 2. The van der Waals surface area contributed by atoms with E-state index in [0.29, 0.717) is 27.9 Å². The summed E-state index contributed by atoms with van der Waals surface area (Å²) in [4.78, 5) is 20.5. The molecule has 4 aromatic rings. The molecule has 0 aliphatic carbocycles. The average Bonchev–Trinajstić information content (AvgIpc) is 3.25. The third-order valence-electron chi connectivity index (χ3n) is 6.26. The lowest BCUT2D eigenvalue weighted by Crippen LogP contribution is -2.63. The van der Waals surface area contributed by atoms with Gasteiger partial charge in [-0.15, -0.1) is 0 Å². The predicted octanol–water partition coefficient (Wildman–Crippen LogP) is 3.63. The van der Waals surface area contributed by atoms with Gasteiger partial charge in [-0.05, 0) is 54.4 Å². The van der Waals surface area contributed by atoms with Gasteiger partial charge in [-0.3, -0.25) is 15.0 Å². The van der Waals surface area contributed by atoms with Crippen molar-refractivity contribution in [3.8, 4) is 6.07 Å². The van der Waals surface area contributed by atoms with E-state index >= 15 is 0 Å². The maximum atomic E-state index is 13.5. The number of benzene rings is 2. The Morgan fingerprint density at radius 2 is 2.03 bits per heavy atom. The maximum absolute atomic E-state index is 13.5. The SMILES string of the molecule is Cc1ccc(C#N)cc1CN1C(Nc2ccc3nn(C)cc3c2)=[N+](C)C(=O)N(c2cncc(Cl)c2)C1O. The summed E-state index contributed by atoms with van der Waals surface area (Å²) in [5.41, 5.74) is 4.17. The second-order valence-electron chi connectivity index (χ2n) is 8.83. The molecule has 10 nitrogen and oxygen atoms in total. The molecule has 0 saturated carbocycles. The smallest absolute Gasteiger partial charge is 0.338 e. The molecule has 11 heteroatoms. The summed E-state index contributed by atoms with van der Waals surface area (Å²) in [6.07, 6.45) is 3.43. The van der Waals surface area contributed by atoms with Gasteiger partial charge in [0.15, 0.2) is 0 Å². The molecule has 0 saturated heterocycles. The Hall–Kier alpha value is -4.46. The zero-order valence-electron chi connectivity index (χ0n) is 20.4. The topological polar surface area (TPSA) is 113 Å². The molecule has 5 rings (SSSR count). The molecule has 0 bridgehead atoms.